The number of nitrogens with two attached hydrogens (primary N) is 1. The Balaban J connectivity index is 2.39. The molecule has 0 saturated heterocycles. The summed E-state index contributed by atoms with van der Waals surface area (Å²) in [7, 11) is 0. The fourth-order valence-electron chi connectivity index (χ4n) is 1.40. The molecule has 2 rings (SSSR count). The Labute approximate surface area is 109 Å². The molecule has 0 spiro atoms. The van der Waals surface area contributed by atoms with Crippen molar-refractivity contribution in [2.24, 2.45) is 5.73 Å². The molecule has 2 aromatic rings. The Morgan fingerprint density at radius 3 is 2.89 bits per heavy atom. The molecular weight excluding hydrogens is 257 g/mol. The lowest BCUT2D eigenvalue weighted by molar-refractivity contribution is 0.413. The summed E-state index contributed by atoms with van der Waals surface area (Å²) in [4.78, 5) is 7.47. The Morgan fingerprint density at radius 2 is 2.17 bits per heavy atom. The van der Waals surface area contributed by atoms with E-state index in [0.717, 1.165) is 5.56 Å². The van der Waals surface area contributed by atoms with Crippen LogP contribution in [0.5, 0.6) is 11.6 Å². The maximum absolute atomic E-state index is 13.7. The van der Waals surface area contributed by atoms with Crippen LogP contribution in [0.1, 0.15) is 11.3 Å². The minimum Gasteiger partial charge on any atom is -0.436 e. The number of hydrogen-bond acceptors (Lipinski definition) is 4. The van der Waals surface area contributed by atoms with E-state index in [2.05, 4.69) is 9.97 Å². The lowest BCUT2D eigenvalue weighted by atomic mass is 10.2. The molecule has 0 bridgehead atoms. The van der Waals surface area contributed by atoms with E-state index in [0.29, 0.717) is 10.8 Å². The largest absolute Gasteiger partial charge is 0.436 e. The highest BCUT2D eigenvalue weighted by molar-refractivity contribution is 6.30. The van der Waals surface area contributed by atoms with E-state index in [-0.39, 0.29) is 18.1 Å². The molecular formula is C12H11ClFN3O. The van der Waals surface area contributed by atoms with Crippen molar-refractivity contribution >= 4 is 11.6 Å². The van der Waals surface area contributed by atoms with E-state index in [4.69, 9.17) is 22.1 Å². The van der Waals surface area contributed by atoms with Gasteiger partial charge in [0.05, 0.1) is 5.69 Å². The van der Waals surface area contributed by atoms with Gasteiger partial charge in [0.1, 0.15) is 12.1 Å². The quantitative estimate of drug-likeness (QED) is 0.929. The zero-order chi connectivity index (χ0) is 13.1. The molecule has 0 amide bonds. The Kier molecular flexibility index (Phi) is 3.74. The van der Waals surface area contributed by atoms with Crippen LogP contribution in [-0.2, 0) is 6.54 Å². The molecule has 94 valence electrons. The number of ether oxygens (including phenoxy) is 1. The minimum absolute atomic E-state index is 0.139. The van der Waals surface area contributed by atoms with Gasteiger partial charge in [0.15, 0.2) is 0 Å². The van der Waals surface area contributed by atoms with Gasteiger partial charge in [-0.05, 0) is 19.1 Å². The van der Waals surface area contributed by atoms with Crippen LogP contribution < -0.4 is 10.5 Å². The summed E-state index contributed by atoms with van der Waals surface area (Å²) >= 11 is 5.86. The summed E-state index contributed by atoms with van der Waals surface area (Å²) in [5.74, 6) is -0.345. The van der Waals surface area contributed by atoms with Crippen molar-refractivity contribution in [2.45, 2.75) is 13.5 Å². The van der Waals surface area contributed by atoms with Crippen LogP contribution in [0.15, 0.2) is 24.5 Å². The molecule has 2 N–H and O–H groups in total. The second kappa shape index (κ2) is 5.29. The highest BCUT2D eigenvalue weighted by Crippen LogP contribution is 2.28. The monoisotopic (exact) mass is 267 g/mol. The van der Waals surface area contributed by atoms with Crippen LogP contribution >= 0.6 is 11.6 Å². The van der Waals surface area contributed by atoms with Gasteiger partial charge < -0.3 is 10.5 Å². The summed E-state index contributed by atoms with van der Waals surface area (Å²) in [6, 6.07) is 4.99. The number of hydrogen-bond donors (Lipinski definition) is 1. The lowest BCUT2D eigenvalue weighted by Gasteiger charge is -2.10. The maximum atomic E-state index is 13.7. The zero-order valence-corrected chi connectivity index (χ0v) is 10.4. The fraction of sp³-hybridized carbons (Fsp3) is 0.167. The molecule has 0 fully saturated rings. The molecule has 0 aliphatic rings. The van der Waals surface area contributed by atoms with E-state index < -0.39 is 5.82 Å². The Morgan fingerprint density at radius 1 is 1.39 bits per heavy atom. The smallest absolute Gasteiger partial charge is 0.259 e. The molecule has 0 aliphatic heterocycles. The number of halogens is 2. The van der Waals surface area contributed by atoms with Gasteiger partial charge in [0.25, 0.3) is 5.88 Å². The van der Waals surface area contributed by atoms with Crippen LogP contribution in [0.25, 0.3) is 0 Å². The molecule has 4 nitrogen and oxygen atoms in total. The van der Waals surface area contributed by atoms with Gasteiger partial charge >= 0.3 is 0 Å². The van der Waals surface area contributed by atoms with Gasteiger partial charge in [0, 0.05) is 17.1 Å². The zero-order valence-electron chi connectivity index (χ0n) is 9.65. The average Bonchev–Trinajstić information content (AvgIpc) is 2.35. The van der Waals surface area contributed by atoms with E-state index in [1.54, 1.807) is 18.2 Å². The van der Waals surface area contributed by atoms with Gasteiger partial charge in [-0.1, -0.05) is 17.7 Å². The maximum Gasteiger partial charge on any atom is 0.259 e. The van der Waals surface area contributed by atoms with Gasteiger partial charge in [-0.3, -0.25) is 0 Å². The van der Waals surface area contributed by atoms with Gasteiger partial charge in [-0.2, -0.15) is 9.37 Å². The summed E-state index contributed by atoms with van der Waals surface area (Å²) < 4.78 is 19.1. The molecule has 0 radical (unpaired) electrons. The number of aryl methyl sites for hydroxylation is 1. The fourth-order valence-corrected chi connectivity index (χ4v) is 1.57. The van der Waals surface area contributed by atoms with E-state index >= 15 is 0 Å². The normalized spacial score (nSPS) is 10.4. The molecule has 0 atom stereocenters. The van der Waals surface area contributed by atoms with Gasteiger partial charge in [0.2, 0.25) is 5.82 Å². The third-order valence-corrected chi connectivity index (χ3v) is 2.62. The third kappa shape index (κ3) is 2.57. The second-order valence-electron chi connectivity index (χ2n) is 3.64. The topological polar surface area (TPSA) is 61.0 Å². The first-order valence-electron chi connectivity index (χ1n) is 5.25. The molecule has 6 heteroatoms. The van der Waals surface area contributed by atoms with Crippen molar-refractivity contribution in [1.82, 2.24) is 9.97 Å². The van der Waals surface area contributed by atoms with E-state index in [9.17, 15) is 4.39 Å². The predicted octanol–water partition coefficient (Wildman–Crippen LogP) is 2.83. The SMILES string of the molecule is Cc1ncnc(Oc2cc(Cl)ccc2CN)c1F. The van der Waals surface area contributed by atoms with Crippen LogP contribution in [0.3, 0.4) is 0 Å². The average molecular weight is 268 g/mol. The highest BCUT2D eigenvalue weighted by Gasteiger charge is 2.12. The molecule has 1 aromatic carbocycles. The van der Waals surface area contributed by atoms with Crippen molar-refractivity contribution in [3.8, 4) is 11.6 Å². The predicted molar refractivity (Wildman–Crippen MR) is 66.1 cm³/mol. The number of aromatic nitrogens is 2. The highest BCUT2D eigenvalue weighted by atomic mass is 35.5. The Hall–Kier alpha value is -1.72. The standard InChI is InChI=1S/C12H11ClFN3O/c1-7-11(14)12(17-6-16-7)18-10-4-9(13)3-2-8(10)5-15/h2-4,6H,5,15H2,1H3. The van der Waals surface area contributed by atoms with Crippen molar-refractivity contribution in [2.75, 3.05) is 0 Å². The van der Waals surface area contributed by atoms with Crippen molar-refractivity contribution in [3.05, 3.63) is 46.6 Å². The summed E-state index contributed by atoms with van der Waals surface area (Å²) in [6.07, 6.45) is 1.24. The molecule has 1 aromatic heterocycles. The minimum atomic E-state index is -0.597. The van der Waals surface area contributed by atoms with Crippen molar-refractivity contribution in [1.29, 1.82) is 0 Å². The number of benzene rings is 1. The van der Waals surface area contributed by atoms with Crippen LogP contribution in [-0.4, -0.2) is 9.97 Å². The first-order valence-corrected chi connectivity index (χ1v) is 5.63. The summed E-state index contributed by atoms with van der Waals surface area (Å²) in [5.41, 5.74) is 6.51. The molecule has 0 aliphatic carbocycles. The Bertz CT molecular complexity index is 577. The van der Waals surface area contributed by atoms with Crippen LogP contribution in [0.2, 0.25) is 5.02 Å². The summed E-state index contributed by atoms with van der Waals surface area (Å²) in [6.45, 7) is 1.80. The lowest BCUT2D eigenvalue weighted by Crippen LogP contribution is -2.02. The van der Waals surface area contributed by atoms with Gasteiger partial charge in [-0.15, -0.1) is 0 Å². The van der Waals surface area contributed by atoms with Crippen molar-refractivity contribution in [3.63, 3.8) is 0 Å². The summed E-state index contributed by atoms with van der Waals surface area (Å²) in [5, 5.41) is 0.480. The molecule has 1 heterocycles. The van der Waals surface area contributed by atoms with Crippen LogP contribution in [0.4, 0.5) is 4.39 Å². The second-order valence-corrected chi connectivity index (χ2v) is 4.07. The first kappa shape index (κ1) is 12.7. The third-order valence-electron chi connectivity index (χ3n) is 2.39. The first-order chi connectivity index (χ1) is 8.61. The number of nitrogens with zero attached hydrogens (tertiary/aromatic N) is 2. The van der Waals surface area contributed by atoms with Crippen molar-refractivity contribution < 1.29 is 9.13 Å². The molecule has 18 heavy (non-hydrogen) atoms. The van der Waals surface area contributed by atoms with E-state index in [1.807, 2.05) is 0 Å². The number of rotatable bonds is 3. The van der Waals surface area contributed by atoms with Crippen LogP contribution in [0, 0.1) is 12.7 Å². The van der Waals surface area contributed by atoms with E-state index in [1.165, 1.54) is 13.3 Å². The van der Waals surface area contributed by atoms with Gasteiger partial charge in [-0.25, -0.2) is 4.98 Å². The molecule has 0 unspecified atom stereocenters. The molecule has 0 saturated carbocycles.